The topological polar surface area (TPSA) is 49.3 Å². The van der Waals surface area contributed by atoms with Crippen LogP contribution >= 0.6 is 0 Å². The first kappa shape index (κ1) is 11.5. The van der Waals surface area contributed by atoms with Crippen LogP contribution in [-0.2, 0) is 4.79 Å². The van der Waals surface area contributed by atoms with Crippen LogP contribution in [0.1, 0.15) is 44.9 Å². The number of nitrogens with one attached hydrogen (secondary N) is 1. The molecule has 0 radical (unpaired) electrons. The molecule has 0 amide bonds. The Labute approximate surface area is 85.9 Å². The highest BCUT2D eigenvalue weighted by Gasteiger charge is 2.12. The molecule has 0 heterocycles. The van der Waals surface area contributed by atoms with Gasteiger partial charge in [-0.15, -0.1) is 0 Å². The van der Waals surface area contributed by atoms with Gasteiger partial charge in [-0.05, 0) is 18.9 Å². The molecular weight excluding hydrogens is 178 g/mol. The maximum atomic E-state index is 10.2. The third-order valence-electron chi connectivity index (χ3n) is 2.97. The minimum Gasteiger partial charge on any atom is -0.481 e. The van der Waals surface area contributed by atoms with E-state index in [1.165, 1.54) is 38.5 Å². The van der Waals surface area contributed by atoms with Crippen molar-refractivity contribution in [3.05, 3.63) is 0 Å². The lowest BCUT2D eigenvalue weighted by Crippen LogP contribution is -2.22. The monoisotopic (exact) mass is 199 g/mol. The Bertz CT molecular complexity index is 165. The van der Waals surface area contributed by atoms with Crippen LogP contribution in [0.25, 0.3) is 0 Å². The van der Waals surface area contributed by atoms with Gasteiger partial charge in [0.2, 0.25) is 0 Å². The average Bonchev–Trinajstić information content (AvgIpc) is 2.18. The van der Waals surface area contributed by atoms with Crippen LogP contribution < -0.4 is 5.32 Å². The third kappa shape index (κ3) is 5.22. The summed E-state index contributed by atoms with van der Waals surface area (Å²) in [7, 11) is 0. The molecule has 82 valence electrons. The van der Waals surface area contributed by atoms with Gasteiger partial charge in [0.25, 0.3) is 0 Å². The van der Waals surface area contributed by atoms with Crippen LogP contribution in [0.3, 0.4) is 0 Å². The zero-order chi connectivity index (χ0) is 10.2. The Kier molecular flexibility index (Phi) is 5.60. The fourth-order valence-corrected chi connectivity index (χ4v) is 2.10. The van der Waals surface area contributed by atoms with Crippen LogP contribution in [-0.4, -0.2) is 24.2 Å². The highest BCUT2D eigenvalue weighted by molar-refractivity contribution is 5.66. The van der Waals surface area contributed by atoms with Gasteiger partial charge < -0.3 is 10.4 Å². The molecule has 1 aliphatic carbocycles. The summed E-state index contributed by atoms with van der Waals surface area (Å²) >= 11 is 0. The third-order valence-corrected chi connectivity index (χ3v) is 2.97. The van der Waals surface area contributed by atoms with E-state index in [1.54, 1.807) is 0 Å². The van der Waals surface area contributed by atoms with Crippen molar-refractivity contribution >= 4 is 5.97 Å². The van der Waals surface area contributed by atoms with E-state index in [-0.39, 0.29) is 6.42 Å². The molecule has 0 aliphatic heterocycles. The van der Waals surface area contributed by atoms with Gasteiger partial charge in [-0.2, -0.15) is 0 Å². The summed E-state index contributed by atoms with van der Waals surface area (Å²) in [5.41, 5.74) is 0. The van der Waals surface area contributed by atoms with Gasteiger partial charge in [-0.3, -0.25) is 4.79 Å². The first-order valence-electron chi connectivity index (χ1n) is 5.71. The van der Waals surface area contributed by atoms with E-state index >= 15 is 0 Å². The number of carboxylic acid groups (broad SMARTS) is 1. The fraction of sp³-hybridized carbons (Fsp3) is 0.909. The normalized spacial score (nSPS) is 18.3. The molecule has 3 nitrogen and oxygen atoms in total. The molecule has 0 saturated heterocycles. The summed E-state index contributed by atoms with van der Waals surface area (Å²) in [5, 5.41) is 11.6. The lowest BCUT2D eigenvalue weighted by atomic mass is 9.87. The van der Waals surface area contributed by atoms with Crippen LogP contribution in [0, 0.1) is 5.92 Å². The lowest BCUT2D eigenvalue weighted by molar-refractivity contribution is -0.136. The van der Waals surface area contributed by atoms with Crippen molar-refractivity contribution in [1.82, 2.24) is 5.32 Å². The van der Waals surface area contributed by atoms with Crippen LogP contribution in [0.15, 0.2) is 0 Å². The number of aliphatic carboxylic acids is 1. The maximum Gasteiger partial charge on any atom is 0.304 e. The molecule has 1 aliphatic rings. The van der Waals surface area contributed by atoms with Gasteiger partial charge in [0.15, 0.2) is 0 Å². The second-order valence-corrected chi connectivity index (χ2v) is 4.19. The van der Waals surface area contributed by atoms with Gasteiger partial charge in [0.05, 0.1) is 6.42 Å². The standard InChI is InChI=1S/C11H21NO2/c13-11(14)7-9-12-8-6-10-4-2-1-3-5-10/h10,12H,1-9H2,(H,13,14). The zero-order valence-corrected chi connectivity index (χ0v) is 8.80. The average molecular weight is 199 g/mol. The first-order valence-corrected chi connectivity index (χ1v) is 5.71. The van der Waals surface area contributed by atoms with Crippen molar-refractivity contribution < 1.29 is 9.90 Å². The number of rotatable bonds is 6. The second-order valence-electron chi connectivity index (χ2n) is 4.19. The molecule has 0 aromatic carbocycles. The minimum atomic E-state index is -0.713. The van der Waals surface area contributed by atoms with Crippen molar-refractivity contribution in [2.24, 2.45) is 5.92 Å². The molecular formula is C11H21NO2. The molecule has 0 bridgehead atoms. The number of carbonyl (C=O) groups is 1. The molecule has 0 unspecified atom stereocenters. The van der Waals surface area contributed by atoms with E-state index in [4.69, 9.17) is 5.11 Å². The summed E-state index contributed by atoms with van der Waals surface area (Å²) in [6.07, 6.45) is 8.40. The minimum absolute atomic E-state index is 0.241. The van der Waals surface area contributed by atoms with Gasteiger partial charge >= 0.3 is 5.97 Å². The molecule has 14 heavy (non-hydrogen) atoms. The van der Waals surface area contributed by atoms with E-state index in [9.17, 15) is 4.79 Å². The lowest BCUT2D eigenvalue weighted by Gasteiger charge is -2.21. The van der Waals surface area contributed by atoms with E-state index in [0.29, 0.717) is 6.54 Å². The molecule has 1 fully saturated rings. The van der Waals surface area contributed by atoms with Crippen molar-refractivity contribution in [2.45, 2.75) is 44.9 Å². The van der Waals surface area contributed by atoms with Crippen LogP contribution in [0.2, 0.25) is 0 Å². The predicted octanol–water partition coefficient (Wildman–Crippen LogP) is 2.02. The maximum absolute atomic E-state index is 10.2. The van der Waals surface area contributed by atoms with E-state index < -0.39 is 5.97 Å². The van der Waals surface area contributed by atoms with Crippen molar-refractivity contribution in [2.75, 3.05) is 13.1 Å². The van der Waals surface area contributed by atoms with E-state index in [1.807, 2.05) is 0 Å². The Balaban J connectivity index is 1.90. The van der Waals surface area contributed by atoms with Gasteiger partial charge in [-0.25, -0.2) is 0 Å². The zero-order valence-electron chi connectivity index (χ0n) is 8.80. The summed E-state index contributed by atoms with van der Waals surface area (Å²) in [5.74, 6) is 0.177. The van der Waals surface area contributed by atoms with Gasteiger partial charge in [0.1, 0.15) is 0 Å². The Morgan fingerprint density at radius 3 is 2.57 bits per heavy atom. The Morgan fingerprint density at radius 2 is 1.93 bits per heavy atom. The number of carboxylic acids is 1. The van der Waals surface area contributed by atoms with Crippen LogP contribution in [0.5, 0.6) is 0 Å². The van der Waals surface area contributed by atoms with Crippen molar-refractivity contribution in [3.8, 4) is 0 Å². The summed E-state index contributed by atoms with van der Waals surface area (Å²) in [6, 6.07) is 0. The molecule has 0 spiro atoms. The van der Waals surface area contributed by atoms with Gasteiger partial charge in [0, 0.05) is 6.54 Å². The highest BCUT2D eigenvalue weighted by atomic mass is 16.4. The summed E-state index contributed by atoms with van der Waals surface area (Å²) in [4.78, 5) is 10.2. The Morgan fingerprint density at radius 1 is 1.21 bits per heavy atom. The smallest absolute Gasteiger partial charge is 0.304 e. The quantitative estimate of drug-likeness (QED) is 0.643. The van der Waals surface area contributed by atoms with E-state index in [0.717, 1.165) is 12.5 Å². The fourth-order valence-electron chi connectivity index (χ4n) is 2.10. The Hall–Kier alpha value is -0.570. The number of hydrogen-bond donors (Lipinski definition) is 2. The molecule has 0 aromatic heterocycles. The summed E-state index contributed by atoms with van der Waals surface area (Å²) < 4.78 is 0. The van der Waals surface area contributed by atoms with Crippen molar-refractivity contribution in [1.29, 1.82) is 0 Å². The first-order chi connectivity index (χ1) is 6.79. The molecule has 0 aromatic rings. The molecule has 2 N–H and O–H groups in total. The van der Waals surface area contributed by atoms with Gasteiger partial charge in [-0.1, -0.05) is 32.1 Å². The summed E-state index contributed by atoms with van der Waals surface area (Å²) in [6.45, 7) is 1.60. The second kappa shape index (κ2) is 6.82. The molecule has 1 saturated carbocycles. The molecule has 3 heteroatoms. The van der Waals surface area contributed by atoms with E-state index in [2.05, 4.69) is 5.32 Å². The van der Waals surface area contributed by atoms with Crippen LogP contribution in [0.4, 0.5) is 0 Å². The molecule has 1 rings (SSSR count). The molecule has 0 atom stereocenters. The SMILES string of the molecule is O=C(O)CCNCCC1CCCCC1. The largest absolute Gasteiger partial charge is 0.481 e. The van der Waals surface area contributed by atoms with Crippen molar-refractivity contribution in [3.63, 3.8) is 0 Å². The number of hydrogen-bond acceptors (Lipinski definition) is 2. The predicted molar refractivity (Wildman–Crippen MR) is 56.3 cm³/mol. The highest BCUT2D eigenvalue weighted by Crippen LogP contribution is 2.25.